The highest BCUT2D eigenvalue weighted by Crippen LogP contribution is 2.43. The van der Waals surface area contributed by atoms with E-state index in [1.165, 1.54) is 18.9 Å². The van der Waals surface area contributed by atoms with E-state index in [1.807, 2.05) is 17.0 Å². The molecule has 1 aliphatic carbocycles. The van der Waals surface area contributed by atoms with E-state index in [0.717, 1.165) is 37.9 Å². The van der Waals surface area contributed by atoms with Crippen LogP contribution in [-0.2, 0) is 33.2 Å². The van der Waals surface area contributed by atoms with Gasteiger partial charge in [0.05, 0.1) is 42.4 Å². The van der Waals surface area contributed by atoms with Gasteiger partial charge in [-0.25, -0.2) is 14.8 Å². The average Bonchev–Trinajstić information content (AvgIpc) is 3.31. The average molecular weight is 711 g/mol. The molecule has 3 fully saturated rings. The van der Waals surface area contributed by atoms with Gasteiger partial charge in [0.1, 0.15) is 6.10 Å². The predicted molar refractivity (Wildman–Crippen MR) is 167 cm³/mol. The van der Waals surface area contributed by atoms with Crippen LogP contribution in [0.5, 0.6) is 0 Å². The molecular weight excluding hydrogens is 678 g/mol. The van der Waals surface area contributed by atoms with Gasteiger partial charge >= 0.3 is 24.4 Å². The number of ether oxygens (including phenoxy) is 2. The van der Waals surface area contributed by atoms with Crippen molar-refractivity contribution in [3.8, 4) is 11.1 Å². The summed E-state index contributed by atoms with van der Waals surface area (Å²) in [7, 11) is 1.38. The van der Waals surface area contributed by atoms with Crippen molar-refractivity contribution in [2.24, 2.45) is 5.92 Å². The summed E-state index contributed by atoms with van der Waals surface area (Å²) in [5.74, 6) is 0.210. The minimum Gasteiger partial charge on any atom is -0.469 e. The minimum atomic E-state index is -5.06. The first-order valence-electron chi connectivity index (χ1n) is 15.9. The van der Waals surface area contributed by atoms with E-state index in [2.05, 4.69) is 4.98 Å². The number of rotatable bonds is 7. The maximum Gasteiger partial charge on any atom is 0.416 e. The molecule has 3 aromatic rings. The normalized spacial score (nSPS) is 22.9. The number of hydrogen-bond donors (Lipinski definition) is 0. The van der Waals surface area contributed by atoms with Crippen LogP contribution < -0.4 is 4.90 Å². The lowest BCUT2D eigenvalue weighted by Crippen LogP contribution is -2.39. The highest BCUT2D eigenvalue weighted by molar-refractivity contribution is 6.33. The van der Waals surface area contributed by atoms with E-state index in [0.29, 0.717) is 52.8 Å². The van der Waals surface area contributed by atoms with Gasteiger partial charge < -0.3 is 14.4 Å². The monoisotopic (exact) mass is 710 g/mol. The summed E-state index contributed by atoms with van der Waals surface area (Å²) in [5.41, 5.74) is -0.916. The Morgan fingerprint density at radius 2 is 1.61 bits per heavy atom. The lowest BCUT2D eigenvalue weighted by Gasteiger charge is -2.31. The maximum absolute atomic E-state index is 13.6. The van der Waals surface area contributed by atoms with E-state index < -0.39 is 47.3 Å². The number of methoxy groups -OCH3 is 1. The number of anilines is 1. The van der Waals surface area contributed by atoms with E-state index in [4.69, 9.17) is 26.1 Å². The molecule has 1 amide bonds. The first-order chi connectivity index (χ1) is 23.1. The lowest BCUT2D eigenvalue weighted by atomic mass is 9.78. The molecule has 0 radical (unpaired) electrons. The van der Waals surface area contributed by atoms with Gasteiger partial charge in [0.2, 0.25) is 5.95 Å². The van der Waals surface area contributed by atoms with Crippen LogP contribution in [0.4, 0.5) is 37.1 Å². The van der Waals surface area contributed by atoms with Crippen molar-refractivity contribution in [1.29, 1.82) is 0 Å². The number of nitrogens with zero attached hydrogens (tertiary/aromatic N) is 4. The molecule has 2 atom stereocenters. The van der Waals surface area contributed by atoms with Crippen molar-refractivity contribution in [3.05, 3.63) is 75.6 Å². The van der Waals surface area contributed by atoms with Crippen LogP contribution in [0.3, 0.4) is 0 Å². The van der Waals surface area contributed by atoms with Gasteiger partial charge in [-0.2, -0.15) is 26.3 Å². The Bertz CT molecular complexity index is 1710. The van der Waals surface area contributed by atoms with Crippen LogP contribution >= 0.6 is 11.6 Å². The van der Waals surface area contributed by atoms with Crippen molar-refractivity contribution < 1.29 is 45.4 Å². The zero-order valence-corrected chi connectivity index (χ0v) is 27.3. The van der Waals surface area contributed by atoms with Crippen molar-refractivity contribution in [2.75, 3.05) is 25.1 Å². The largest absolute Gasteiger partial charge is 0.469 e. The van der Waals surface area contributed by atoms with Crippen molar-refractivity contribution >= 4 is 29.6 Å². The zero-order valence-electron chi connectivity index (χ0n) is 26.6. The molecule has 8 nitrogen and oxygen atoms in total. The highest BCUT2D eigenvalue weighted by atomic mass is 35.5. The number of alkyl halides is 6. The fourth-order valence-electron chi connectivity index (χ4n) is 6.72. The zero-order chi connectivity index (χ0) is 35.2. The van der Waals surface area contributed by atoms with Crippen LogP contribution in [0.2, 0.25) is 5.02 Å². The summed E-state index contributed by atoms with van der Waals surface area (Å²) in [6.45, 7) is 2.78. The third-order valence-corrected chi connectivity index (χ3v) is 9.99. The highest BCUT2D eigenvalue weighted by Gasteiger charge is 2.44. The second-order valence-electron chi connectivity index (χ2n) is 12.7. The molecular formula is C34H33ClF6N4O4. The Morgan fingerprint density at radius 3 is 2.18 bits per heavy atom. The van der Waals surface area contributed by atoms with E-state index in [9.17, 15) is 35.9 Å². The molecule has 3 aliphatic rings. The maximum atomic E-state index is 13.6. The van der Waals surface area contributed by atoms with Crippen LogP contribution in [0.25, 0.3) is 11.1 Å². The van der Waals surface area contributed by atoms with Crippen LogP contribution in [0.15, 0.2) is 42.6 Å². The Kier molecular flexibility index (Phi) is 9.46. The molecule has 1 aromatic heterocycles. The molecule has 0 N–H and O–H groups in total. The number of esters is 1. The number of hydrogen-bond acceptors (Lipinski definition) is 7. The SMILES string of the molecule is COC(=O)C1CCC(c2ccc(Cl)c(-c3cnc(N4CCC4)nc3CN3C(=O)O[C@H](c4cc(C(F)(F)F)cc(C(F)(F)F)c4)[C@@H]3C)c2)CC1. The Balaban J connectivity index is 1.32. The molecule has 2 aromatic carbocycles. The first-order valence-corrected chi connectivity index (χ1v) is 16.3. The molecule has 49 heavy (non-hydrogen) atoms. The summed E-state index contributed by atoms with van der Waals surface area (Å²) in [5, 5.41) is 0.395. The van der Waals surface area contributed by atoms with E-state index >= 15 is 0 Å². The number of aromatic nitrogens is 2. The van der Waals surface area contributed by atoms with Crippen molar-refractivity contribution in [2.45, 2.75) is 76.0 Å². The van der Waals surface area contributed by atoms with Gasteiger partial charge in [0.25, 0.3) is 0 Å². The van der Waals surface area contributed by atoms with Crippen molar-refractivity contribution in [1.82, 2.24) is 14.9 Å². The van der Waals surface area contributed by atoms with Gasteiger partial charge in [-0.05, 0) is 86.4 Å². The van der Waals surface area contributed by atoms with Gasteiger partial charge in [0, 0.05) is 35.4 Å². The molecule has 15 heteroatoms. The number of amides is 1. The summed E-state index contributed by atoms with van der Waals surface area (Å²) >= 11 is 6.73. The number of carbonyl (C=O) groups is 2. The smallest absolute Gasteiger partial charge is 0.416 e. The molecule has 3 heterocycles. The van der Waals surface area contributed by atoms with Crippen LogP contribution in [-0.4, -0.2) is 53.2 Å². The fourth-order valence-corrected chi connectivity index (χ4v) is 6.94. The summed E-state index contributed by atoms with van der Waals surface area (Å²) in [6, 6.07) is 5.87. The molecule has 6 rings (SSSR count). The second kappa shape index (κ2) is 13.3. The molecule has 262 valence electrons. The number of halogens is 7. The first kappa shape index (κ1) is 34.8. The predicted octanol–water partition coefficient (Wildman–Crippen LogP) is 8.57. The molecule has 1 saturated carbocycles. The Labute approximate surface area is 283 Å². The quantitative estimate of drug-likeness (QED) is 0.179. The van der Waals surface area contributed by atoms with Crippen LogP contribution in [0.1, 0.15) is 79.0 Å². The fraction of sp³-hybridized carbons (Fsp3) is 0.471. The Hall–Kier alpha value is -4.07. The topological polar surface area (TPSA) is 84.9 Å². The van der Waals surface area contributed by atoms with Gasteiger partial charge in [0.15, 0.2) is 0 Å². The molecule has 0 bridgehead atoms. The summed E-state index contributed by atoms with van der Waals surface area (Å²) in [6.07, 6.45) is -6.99. The third kappa shape index (κ3) is 7.15. The molecule has 0 unspecified atom stereocenters. The third-order valence-electron chi connectivity index (χ3n) is 9.66. The summed E-state index contributed by atoms with van der Waals surface area (Å²) < 4.78 is 92.0. The molecule has 2 saturated heterocycles. The standard InChI is InChI=1S/C34H33ClF6N4O4/c1-18-29(22-12-23(33(36,37)38)15-24(13-22)34(39,40)41)49-32(47)45(18)17-28-26(16-42-31(43-28)44-10-3-11-44)25-14-21(8-9-27(25)35)19-4-6-20(7-5-19)30(46)48-2/h8-9,12-16,18-20,29H,3-7,10-11,17H2,1-2H3/t18-,19?,20?,29-/m0/s1. The van der Waals surface area contributed by atoms with Gasteiger partial charge in [-0.3, -0.25) is 9.69 Å². The molecule has 2 aliphatic heterocycles. The second-order valence-corrected chi connectivity index (χ2v) is 13.1. The number of cyclic esters (lactones) is 1. The number of carbonyl (C=O) groups excluding carboxylic acids is 2. The van der Waals surface area contributed by atoms with Gasteiger partial charge in [-0.1, -0.05) is 17.7 Å². The van der Waals surface area contributed by atoms with E-state index in [1.54, 1.807) is 12.3 Å². The van der Waals surface area contributed by atoms with Crippen LogP contribution in [0, 0.1) is 5.92 Å². The Morgan fingerprint density at radius 1 is 0.959 bits per heavy atom. The number of benzene rings is 2. The summed E-state index contributed by atoms with van der Waals surface area (Å²) in [4.78, 5) is 37.8. The molecule has 0 spiro atoms. The van der Waals surface area contributed by atoms with Crippen molar-refractivity contribution in [3.63, 3.8) is 0 Å². The minimum absolute atomic E-state index is 0.0375. The van der Waals surface area contributed by atoms with Gasteiger partial charge in [-0.15, -0.1) is 0 Å². The lowest BCUT2D eigenvalue weighted by molar-refractivity contribution is -0.147. The van der Waals surface area contributed by atoms with E-state index in [-0.39, 0.29) is 30.4 Å².